The van der Waals surface area contributed by atoms with Gasteiger partial charge in [0.25, 0.3) is 0 Å². The summed E-state index contributed by atoms with van der Waals surface area (Å²) in [6.07, 6.45) is 0. The lowest BCUT2D eigenvalue weighted by atomic mass is 10.2. The van der Waals surface area contributed by atoms with Crippen LogP contribution in [0.5, 0.6) is 0 Å². The molecule has 0 bridgehead atoms. The second-order valence-electron chi connectivity index (χ2n) is 2.77. The topological polar surface area (TPSA) is 33.1 Å². The first-order valence-corrected chi connectivity index (χ1v) is 2.66. The lowest BCUT2D eigenvalue weighted by Crippen LogP contribution is -2.21. The van der Waals surface area contributed by atoms with Gasteiger partial charge in [-0.2, -0.15) is 0 Å². The predicted octanol–water partition coefficient (Wildman–Crippen LogP) is 2.22. The van der Waals surface area contributed by atoms with Crippen molar-refractivity contribution in [2.75, 3.05) is 0 Å². The Morgan fingerprint density at radius 2 is 1.67 bits per heavy atom. The first kappa shape index (κ1) is 11.5. The first-order chi connectivity index (χ1) is 3.42. The van der Waals surface area contributed by atoms with Crippen molar-refractivity contribution in [1.29, 1.82) is 5.41 Å². The van der Waals surface area contributed by atoms with Gasteiger partial charge in [0, 0.05) is 6.92 Å². The van der Waals surface area contributed by atoms with Crippen molar-refractivity contribution >= 4 is 18.3 Å². The molecule has 0 amide bonds. The van der Waals surface area contributed by atoms with Crippen molar-refractivity contribution in [3.8, 4) is 0 Å². The molecule has 0 unspecified atom stereocenters. The van der Waals surface area contributed by atoms with Crippen LogP contribution in [0.2, 0.25) is 0 Å². The predicted molar refractivity (Wildman–Crippen MR) is 41.5 cm³/mol. The Bertz CT molecular complexity index is 95.7. The maximum Gasteiger partial charge on any atom is 0.177 e. The largest absolute Gasteiger partial charge is 0.476 e. The van der Waals surface area contributed by atoms with E-state index in [2.05, 4.69) is 0 Å². The highest BCUT2D eigenvalue weighted by atomic mass is 35.5. The Kier molecular flexibility index (Phi) is 4.77. The van der Waals surface area contributed by atoms with Gasteiger partial charge < -0.3 is 4.74 Å². The quantitative estimate of drug-likeness (QED) is 0.418. The molecule has 1 N–H and O–H groups in total. The maximum absolute atomic E-state index is 6.93. The molecule has 0 aliphatic rings. The number of halogens is 1. The minimum atomic E-state index is -0.203. The second-order valence-corrected chi connectivity index (χ2v) is 2.77. The Labute approximate surface area is 62.5 Å². The zero-order chi connectivity index (χ0) is 6.78. The molecule has 0 saturated heterocycles. The highest BCUT2D eigenvalue weighted by Crippen LogP contribution is 2.05. The Morgan fingerprint density at radius 3 is 1.67 bits per heavy atom. The molecule has 0 aromatic carbocycles. The van der Waals surface area contributed by atoms with Gasteiger partial charge in [-0.3, -0.25) is 5.41 Å². The summed E-state index contributed by atoms with van der Waals surface area (Å²) in [6, 6.07) is 0. The summed E-state index contributed by atoms with van der Waals surface area (Å²) in [5.41, 5.74) is -0.203. The molecule has 56 valence electrons. The van der Waals surface area contributed by atoms with Gasteiger partial charge in [-0.1, -0.05) is 0 Å². The van der Waals surface area contributed by atoms with Crippen LogP contribution in [0, 0.1) is 5.41 Å². The van der Waals surface area contributed by atoms with E-state index in [4.69, 9.17) is 10.1 Å². The molecule has 0 radical (unpaired) electrons. The summed E-state index contributed by atoms with van der Waals surface area (Å²) in [6.45, 7) is 7.40. The van der Waals surface area contributed by atoms with E-state index < -0.39 is 0 Å². The van der Waals surface area contributed by atoms with Crippen molar-refractivity contribution in [2.24, 2.45) is 0 Å². The van der Waals surface area contributed by atoms with Crippen LogP contribution < -0.4 is 0 Å². The molecule has 3 heteroatoms. The van der Waals surface area contributed by atoms with Crippen LogP contribution in [0.4, 0.5) is 0 Å². The van der Waals surface area contributed by atoms with Crippen LogP contribution in [0.25, 0.3) is 0 Å². The molecular weight excluding hydrogens is 138 g/mol. The van der Waals surface area contributed by atoms with E-state index >= 15 is 0 Å². The first-order valence-electron chi connectivity index (χ1n) is 2.66. The van der Waals surface area contributed by atoms with Gasteiger partial charge >= 0.3 is 0 Å². The van der Waals surface area contributed by atoms with Crippen LogP contribution >= 0.6 is 12.4 Å². The van der Waals surface area contributed by atoms with Gasteiger partial charge in [-0.25, -0.2) is 0 Å². The number of nitrogens with one attached hydrogen (secondary N) is 1. The van der Waals surface area contributed by atoms with E-state index in [-0.39, 0.29) is 23.9 Å². The van der Waals surface area contributed by atoms with Crippen LogP contribution in [-0.4, -0.2) is 11.5 Å². The molecule has 0 aromatic rings. The van der Waals surface area contributed by atoms with Crippen LogP contribution in [0.3, 0.4) is 0 Å². The third-order valence-electron chi connectivity index (χ3n) is 0.459. The van der Waals surface area contributed by atoms with E-state index in [0.717, 1.165) is 0 Å². The molecule has 0 rings (SSSR count). The van der Waals surface area contributed by atoms with Crippen molar-refractivity contribution < 1.29 is 4.74 Å². The molecule has 0 aromatic heterocycles. The number of hydrogen-bond donors (Lipinski definition) is 1. The lowest BCUT2D eigenvalue weighted by molar-refractivity contribution is 0.114. The average Bonchev–Trinajstić information content (AvgIpc) is 1.21. The summed E-state index contributed by atoms with van der Waals surface area (Å²) in [5, 5.41) is 6.93. The third kappa shape index (κ3) is 11.4. The number of ether oxygens (including phenoxy) is 1. The molecule has 0 atom stereocenters. The van der Waals surface area contributed by atoms with Crippen LogP contribution in [0.1, 0.15) is 27.7 Å². The Hall–Kier alpha value is -0.240. The van der Waals surface area contributed by atoms with Gasteiger partial charge in [-0.15, -0.1) is 12.4 Å². The van der Waals surface area contributed by atoms with E-state index in [0.29, 0.717) is 0 Å². The summed E-state index contributed by atoms with van der Waals surface area (Å²) in [5.74, 6) is 0.275. The van der Waals surface area contributed by atoms with E-state index in [1.807, 2.05) is 20.8 Å². The fourth-order valence-electron chi connectivity index (χ4n) is 0.459. The zero-order valence-electron chi connectivity index (χ0n) is 6.32. The van der Waals surface area contributed by atoms with E-state index in [1.165, 1.54) is 0 Å². The standard InChI is InChI=1S/C6H13NO.ClH/c1-5(7)8-6(2,3)4;/h7H,1-4H3;1H. The minimum Gasteiger partial charge on any atom is -0.476 e. The van der Waals surface area contributed by atoms with Crippen LogP contribution in [0.15, 0.2) is 0 Å². The number of rotatable bonds is 0. The Morgan fingerprint density at radius 1 is 1.33 bits per heavy atom. The maximum atomic E-state index is 6.93. The summed E-state index contributed by atoms with van der Waals surface area (Å²) in [4.78, 5) is 0. The van der Waals surface area contributed by atoms with Gasteiger partial charge in [0.15, 0.2) is 5.90 Å². The Balaban J connectivity index is 0. The highest BCUT2D eigenvalue weighted by molar-refractivity contribution is 5.85. The summed E-state index contributed by atoms with van der Waals surface area (Å²) >= 11 is 0. The normalized spacial score (nSPS) is 9.78. The van der Waals surface area contributed by atoms with Crippen molar-refractivity contribution in [3.05, 3.63) is 0 Å². The summed E-state index contributed by atoms with van der Waals surface area (Å²) in [7, 11) is 0. The smallest absolute Gasteiger partial charge is 0.177 e. The molecule has 0 fully saturated rings. The second kappa shape index (κ2) is 3.72. The van der Waals surface area contributed by atoms with Crippen molar-refractivity contribution in [1.82, 2.24) is 0 Å². The molecule has 0 aliphatic carbocycles. The van der Waals surface area contributed by atoms with Gasteiger partial charge in [-0.05, 0) is 20.8 Å². The molecule has 0 heterocycles. The molecule has 2 nitrogen and oxygen atoms in total. The minimum absolute atomic E-state index is 0. The summed E-state index contributed by atoms with van der Waals surface area (Å²) < 4.78 is 5.02. The monoisotopic (exact) mass is 151 g/mol. The fraction of sp³-hybridized carbons (Fsp3) is 0.833. The molecule has 9 heavy (non-hydrogen) atoms. The highest BCUT2D eigenvalue weighted by Gasteiger charge is 2.09. The number of hydrogen-bond acceptors (Lipinski definition) is 2. The SMILES string of the molecule is CC(=N)OC(C)(C)C.Cl. The van der Waals surface area contributed by atoms with Gasteiger partial charge in [0.1, 0.15) is 5.60 Å². The van der Waals surface area contributed by atoms with E-state index in [9.17, 15) is 0 Å². The third-order valence-corrected chi connectivity index (χ3v) is 0.459. The van der Waals surface area contributed by atoms with E-state index in [1.54, 1.807) is 6.92 Å². The molecule has 0 spiro atoms. The van der Waals surface area contributed by atoms with Crippen molar-refractivity contribution in [3.63, 3.8) is 0 Å². The van der Waals surface area contributed by atoms with Crippen molar-refractivity contribution in [2.45, 2.75) is 33.3 Å². The fourth-order valence-corrected chi connectivity index (χ4v) is 0.459. The van der Waals surface area contributed by atoms with Gasteiger partial charge in [0.05, 0.1) is 0 Å². The van der Waals surface area contributed by atoms with Crippen LogP contribution in [-0.2, 0) is 4.74 Å². The molecule has 0 aliphatic heterocycles. The molecular formula is C6H14ClNO. The molecule has 0 saturated carbocycles. The average molecular weight is 152 g/mol. The zero-order valence-corrected chi connectivity index (χ0v) is 7.13. The lowest BCUT2D eigenvalue weighted by Gasteiger charge is -2.19. The van der Waals surface area contributed by atoms with Gasteiger partial charge in [0.2, 0.25) is 0 Å².